The monoisotopic (exact) mass is 281 g/mol. The van der Waals surface area contributed by atoms with Gasteiger partial charge >= 0.3 is 5.97 Å². The fourth-order valence-electron chi connectivity index (χ4n) is 1.67. The predicted octanol–water partition coefficient (Wildman–Crippen LogP) is 0.580. The van der Waals surface area contributed by atoms with E-state index in [2.05, 4.69) is 5.32 Å². The minimum absolute atomic E-state index is 0.103. The van der Waals surface area contributed by atoms with E-state index in [9.17, 15) is 14.7 Å². The van der Waals surface area contributed by atoms with Gasteiger partial charge in [-0.2, -0.15) is 0 Å². The maximum Gasteiger partial charge on any atom is 0.306 e. The number of aliphatic hydroxyl groups is 1. The quantitative estimate of drug-likeness (QED) is 0.679. The molecule has 0 bridgehead atoms. The molecule has 0 aromatic heterocycles. The largest absolute Gasteiger partial charge is 0.497 e. The number of carbonyl (C=O) groups is 2. The van der Waals surface area contributed by atoms with E-state index in [1.807, 2.05) is 0 Å². The summed E-state index contributed by atoms with van der Waals surface area (Å²) in [6.07, 6.45) is -0.261. The molecule has 1 rings (SSSR count). The highest BCUT2D eigenvalue weighted by Gasteiger charge is 2.24. The summed E-state index contributed by atoms with van der Waals surface area (Å²) in [6.45, 7) is 1.27. The average molecular weight is 281 g/mol. The lowest BCUT2D eigenvalue weighted by molar-refractivity contribution is -0.142. The predicted molar refractivity (Wildman–Crippen MR) is 72.6 cm³/mol. The summed E-state index contributed by atoms with van der Waals surface area (Å²) in [5.41, 5.74) is -0.650. The lowest BCUT2D eigenvalue weighted by atomic mass is 10.0. The molecular formula is C14H19NO5. The molecule has 1 atom stereocenters. The van der Waals surface area contributed by atoms with Crippen molar-refractivity contribution in [3.63, 3.8) is 0 Å². The van der Waals surface area contributed by atoms with Crippen molar-refractivity contribution < 1.29 is 24.5 Å². The van der Waals surface area contributed by atoms with E-state index in [4.69, 9.17) is 9.84 Å². The Kier molecular flexibility index (Phi) is 5.52. The van der Waals surface area contributed by atoms with Crippen molar-refractivity contribution >= 4 is 11.9 Å². The molecule has 6 heteroatoms. The summed E-state index contributed by atoms with van der Waals surface area (Å²) >= 11 is 0. The summed E-state index contributed by atoms with van der Waals surface area (Å²) in [5, 5.41) is 20.9. The van der Waals surface area contributed by atoms with Crippen LogP contribution in [-0.4, -0.2) is 41.3 Å². The second kappa shape index (κ2) is 6.91. The minimum Gasteiger partial charge on any atom is -0.497 e. The summed E-state index contributed by atoms with van der Waals surface area (Å²) in [4.78, 5) is 22.2. The molecule has 1 amide bonds. The highest BCUT2D eigenvalue weighted by atomic mass is 16.5. The number of carboxylic acid groups (broad SMARTS) is 1. The highest BCUT2D eigenvalue weighted by Crippen LogP contribution is 2.12. The first-order valence-electron chi connectivity index (χ1n) is 6.16. The van der Waals surface area contributed by atoms with Crippen LogP contribution < -0.4 is 10.1 Å². The molecule has 0 saturated carbocycles. The molecule has 0 aliphatic rings. The number of benzene rings is 1. The molecule has 0 aliphatic carbocycles. The van der Waals surface area contributed by atoms with Crippen LogP contribution in [0.2, 0.25) is 0 Å². The zero-order chi connectivity index (χ0) is 15.2. The van der Waals surface area contributed by atoms with Crippen molar-refractivity contribution in [3.8, 4) is 5.75 Å². The zero-order valence-corrected chi connectivity index (χ0v) is 11.5. The first-order chi connectivity index (χ1) is 9.32. The Morgan fingerprint density at radius 3 is 2.40 bits per heavy atom. The Bertz CT molecular complexity index is 467. The van der Waals surface area contributed by atoms with Crippen molar-refractivity contribution in [2.75, 3.05) is 13.7 Å². The Labute approximate surface area is 117 Å². The number of amides is 1. The SMILES string of the molecule is COc1ccc(CC(=O)NCC(C)(O)CC(=O)O)cc1. The second-order valence-electron chi connectivity index (χ2n) is 4.87. The average Bonchev–Trinajstić information content (AvgIpc) is 2.36. The fourth-order valence-corrected chi connectivity index (χ4v) is 1.67. The van der Waals surface area contributed by atoms with Crippen LogP contribution >= 0.6 is 0 Å². The third kappa shape index (κ3) is 5.71. The van der Waals surface area contributed by atoms with E-state index < -0.39 is 18.0 Å². The van der Waals surface area contributed by atoms with Gasteiger partial charge in [-0.05, 0) is 24.6 Å². The molecule has 0 radical (unpaired) electrons. The highest BCUT2D eigenvalue weighted by molar-refractivity contribution is 5.78. The molecule has 0 fully saturated rings. The van der Waals surface area contributed by atoms with Crippen LogP contribution in [0.15, 0.2) is 24.3 Å². The van der Waals surface area contributed by atoms with Crippen LogP contribution in [-0.2, 0) is 16.0 Å². The number of hydrogen-bond donors (Lipinski definition) is 3. The molecule has 1 aromatic rings. The van der Waals surface area contributed by atoms with Crippen molar-refractivity contribution in [1.29, 1.82) is 0 Å². The fraction of sp³-hybridized carbons (Fsp3) is 0.429. The van der Waals surface area contributed by atoms with E-state index in [0.717, 1.165) is 5.56 Å². The van der Waals surface area contributed by atoms with Crippen LogP contribution in [0.5, 0.6) is 5.75 Å². The molecule has 0 heterocycles. The Balaban J connectivity index is 2.45. The van der Waals surface area contributed by atoms with E-state index in [0.29, 0.717) is 5.75 Å². The lowest BCUT2D eigenvalue weighted by Crippen LogP contribution is -2.42. The minimum atomic E-state index is -1.46. The molecule has 110 valence electrons. The number of aliphatic carboxylic acids is 1. The number of ether oxygens (including phenoxy) is 1. The molecule has 6 nitrogen and oxygen atoms in total. The van der Waals surface area contributed by atoms with Crippen LogP contribution in [0.1, 0.15) is 18.9 Å². The summed E-state index contributed by atoms with van der Waals surface area (Å²) in [7, 11) is 1.56. The van der Waals surface area contributed by atoms with E-state index in [1.165, 1.54) is 6.92 Å². The molecule has 1 aromatic carbocycles. The number of hydrogen-bond acceptors (Lipinski definition) is 4. The Morgan fingerprint density at radius 1 is 1.30 bits per heavy atom. The van der Waals surface area contributed by atoms with Crippen LogP contribution in [0.4, 0.5) is 0 Å². The Morgan fingerprint density at radius 2 is 1.90 bits per heavy atom. The number of carboxylic acids is 1. The number of rotatable bonds is 7. The van der Waals surface area contributed by atoms with Crippen LogP contribution in [0.25, 0.3) is 0 Å². The van der Waals surface area contributed by atoms with E-state index >= 15 is 0 Å². The van der Waals surface area contributed by atoms with Gasteiger partial charge in [0.2, 0.25) is 5.91 Å². The van der Waals surface area contributed by atoms with Gasteiger partial charge in [0.15, 0.2) is 0 Å². The molecule has 0 aliphatic heterocycles. The molecule has 1 unspecified atom stereocenters. The van der Waals surface area contributed by atoms with E-state index in [-0.39, 0.29) is 18.9 Å². The second-order valence-corrected chi connectivity index (χ2v) is 4.87. The summed E-state index contributed by atoms with van der Waals surface area (Å²) in [5.74, 6) is -0.682. The number of methoxy groups -OCH3 is 1. The van der Waals surface area contributed by atoms with Gasteiger partial charge in [0, 0.05) is 6.54 Å². The number of nitrogens with one attached hydrogen (secondary N) is 1. The molecular weight excluding hydrogens is 262 g/mol. The normalized spacial score (nSPS) is 13.3. The third-order valence-corrected chi connectivity index (χ3v) is 2.72. The first-order valence-corrected chi connectivity index (χ1v) is 6.16. The van der Waals surface area contributed by atoms with Crippen molar-refractivity contribution in [2.45, 2.75) is 25.4 Å². The van der Waals surface area contributed by atoms with Gasteiger partial charge in [0.25, 0.3) is 0 Å². The van der Waals surface area contributed by atoms with Crippen molar-refractivity contribution in [1.82, 2.24) is 5.32 Å². The number of carbonyl (C=O) groups excluding carboxylic acids is 1. The summed E-state index contributed by atoms with van der Waals surface area (Å²) < 4.78 is 5.01. The third-order valence-electron chi connectivity index (χ3n) is 2.72. The summed E-state index contributed by atoms with van der Waals surface area (Å²) in [6, 6.07) is 7.05. The zero-order valence-electron chi connectivity index (χ0n) is 11.5. The van der Waals surface area contributed by atoms with Gasteiger partial charge in [-0.3, -0.25) is 9.59 Å². The first kappa shape index (κ1) is 16.0. The van der Waals surface area contributed by atoms with Crippen molar-refractivity contribution in [2.24, 2.45) is 0 Å². The maximum absolute atomic E-state index is 11.7. The Hall–Kier alpha value is -2.08. The smallest absolute Gasteiger partial charge is 0.306 e. The molecule has 0 spiro atoms. The van der Waals surface area contributed by atoms with Gasteiger partial charge in [-0.1, -0.05) is 12.1 Å². The standard InChI is InChI=1S/C14H19NO5/c1-14(19,8-13(17)18)9-15-12(16)7-10-3-5-11(20-2)6-4-10/h3-6,19H,7-9H2,1-2H3,(H,15,16)(H,17,18). The van der Waals surface area contributed by atoms with Crippen LogP contribution in [0.3, 0.4) is 0 Å². The topological polar surface area (TPSA) is 95.9 Å². The van der Waals surface area contributed by atoms with Gasteiger partial charge in [-0.25, -0.2) is 0 Å². The van der Waals surface area contributed by atoms with Gasteiger partial charge in [0.1, 0.15) is 5.75 Å². The van der Waals surface area contributed by atoms with Crippen LogP contribution in [0, 0.1) is 0 Å². The molecule has 20 heavy (non-hydrogen) atoms. The maximum atomic E-state index is 11.7. The van der Waals surface area contributed by atoms with Gasteiger partial charge < -0.3 is 20.3 Å². The molecule has 3 N–H and O–H groups in total. The van der Waals surface area contributed by atoms with Gasteiger partial charge in [0.05, 0.1) is 25.6 Å². The molecule has 0 saturated heterocycles. The van der Waals surface area contributed by atoms with E-state index in [1.54, 1.807) is 31.4 Å². The lowest BCUT2D eigenvalue weighted by Gasteiger charge is -2.21. The van der Waals surface area contributed by atoms with Gasteiger partial charge in [-0.15, -0.1) is 0 Å². The van der Waals surface area contributed by atoms with Crippen molar-refractivity contribution in [3.05, 3.63) is 29.8 Å².